The first kappa shape index (κ1) is 8.46. The van der Waals surface area contributed by atoms with Crippen molar-refractivity contribution in [2.45, 2.75) is 6.92 Å². The normalized spacial score (nSPS) is 12.4. The fourth-order valence-corrected chi connectivity index (χ4v) is 0.914. The number of allylic oxidation sites excluding steroid dienone is 1. The second-order valence-electron chi connectivity index (χ2n) is 2.61. The van der Waals surface area contributed by atoms with E-state index >= 15 is 0 Å². The van der Waals surface area contributed by atoms with Crippen LogP contribution in [0.5, 0.6) is 5.75 Å². The Labute approximate surface area is 71.3 Å². The molecule has 0 radical (unpaired) electrons. The molecule has 0 unspecified atom stereocenters. The van der Waals surface area contributed by atoms with Crippen LogP contribution in [-0.4, -0.2) is 5.11 Å². The SMILES string of the molecule is CC(N)=C(N)c1ccccc1O. The lowest BCUT2D eigenvalue weighted by Crippen LogP contribution is -2.05. The number of nitrogens with two attached hydrogens (primary N) is 2. The summed E-state index contributed by atoms with van der Waals surface area (Å²) < 4.78 is 0. The third kappa shape index (κ3) is 1.50. The molecule has 0 amide bonds. The molecular formula is C9H12N2O. The first-order valence-corrected chi connectivity index (χ1v) is 3.63. The van der Waals surface area contributed by atoms with E-state index in [1.54, 1.807) is 31.2 Å². The Bertz CT molecular complexity index is 314. The molecule has 1 aromatic rings. The molecule has 12 heavy (non-hydrogen) atoms. The highest BCUT2D eigenvalue weighted by Gasteiger charge is 2.03. The Morgan fingerprint density at radius 1 is 1.25 bits per heavy atom. The Balaban J connectivity index is 3.21. The van der Waals surface area contributed by atoms with E-state index in [0.29, 0.717) is 17.0 Å². The van der Waals surface area contributed by atoms with Gasteiger partial charge in [-0.05, 0) is 19.1 Å². The van der Waals surface area contributed by atoms with E-state index < -0.39 is 0 Å². The number of benzene rings is 1. The molecular weight excluding hydrogens is 152 g/mol. The van der Waals surface area contributed by atoms with Gasteiger partial charge in [0.05, 0.1) is 5.70 Å². The van der Waals surface area contributed by atoms with Gasteiger partial charge in [-0.25, -0.2) is 0 Å². The lowest BCUT2D eigenvalue weighted by molar-refractivity contribution is 0.473. The van der Waals surface area contributed by atoms with Crippen molar-refractivity contribution in [1.82, 2.24) is 0 Å². The molecule has 0 bridgehead atoms. The quantitative estimate of drug-likeness (QED) is 0.579. The maximum absolute atomic E-state index is 9.36. The van der Waals surface area contributed by atoms with Gasteiger partial charge in [0.25, 0.3) is 0 Å². The maximum atomic E-state index is 9.36. The summed E-state index contributed by atoms with van der Waals surface area (Å²) >= 11 is 0. The van der Waals surface area contributed by atoms with Crippen molar-refractivity contribution >= 4 is 5.70 Å². The summed E-state index contributed by atoms with van der Waals surface area (Å²) in [5.41, 5.74) is 12.6. The molecule has 5 N–H and O–H groups in total. The second-order valence-corrected chi connectivity index (χ2v) is 2.61. The first-order valence-electron chi connectivity index (χ1n) is 3.63. The molecule has 0 atom stereocenters. The fourth-order valence-electron chi connectivity index (χ4n) is 0.914. The molecule has 3 heteroatoms. The molecule has 3 nitrogen and oxygen atoms in total. The topological polar surface area (TPSA) is 72.3 Å². The van der Waals surface area contributed by atoms with Crippen LogP contribution < -0.4 is 11.5 Å². The lowest BCUT2D eigenvalue weighted by Gasteiger charge is -2.05. The molecule has 0 aliphatic heterocycles. The van der Waals surface area contributed by atoms with Gasteiger partial charge in [-0.15, -0.1) is 0 Å². The number of hydrogen-bond acceptors (Lipinski definition) is 3. The summed E-state index contributed by atoms with van der Waals surface area (Å²) in [7, 11) is 0. The van der Waals surface area contributed by atoms with E-state index in [0.717, 1.165) is 0 Å². The number of phenols is 1. The van der Waals surface area contributed by atoms with Gasteiger partial charge >= 0.3 is 0 Å². The average molecular weight is 164 g/mol. The van der Waals surface area contributed by atoms with E-state index in [1.807, 2.05) is 0 Å². The summed E-state index contributed by atoms with van der Waals surface area (Å²) in [6.45, 7) is 1.70. The van der Waals surface area contributed by atoms with Crippen LogP contribution in [0.25, 0.3) is 5.70 Å². The molecule has 0 heterocycles. The number of phenolic OH excluding ortho intramolecular Hbond substituents is 1. The van der Waals surface area contributed by atoms with E-state index in [2.05, 4.69) is 0 Å². The van der Waals surface area contributed by atoms with E-state index in [-0.39, 0.29) is 5.75 Å². The lowest BCUT2D eigenvalue weighted by atomic mass is 10.1. The summed E-state index contributed by atoms with van der Waals surface area (Å²) in [6.07, 6.45) is 0. The van der Waals surface area contributed by atoms with Crippen molar-refractivity contribution in [3.8, 4) is 5.75 Å². The Hall–Kier alpha value is -1.64. The Morgan fingerprint density at radius 2 is 1.83 bits per heavy atom. The van der Waals surface area contributed by atoms with E-state index in [1.165, 1.54) is 0 Å². The minimum absolute atomic E-state index is 0.153. The standard InChI is InChI=1S/C9H12N2O/c1-6(10)9(11)7-4-2-3-5-8(7)12/h2-5,12H,10-11H2,1H3. The van der Waals surface area contributed by atoms with Crippen molar-refractivity contribution in [3.63, 3.8) is 0 Å². The van der Waals surface area contributed by atoms with Gasteiger partial charge in [0.15, 0.2) is 0 Å². The monoisotopic (exact) mass is 164 g/mol. The summed E-state index contributed by atoms with van der Waals surface area (Å²) in [5.74, 6) is 0.153. The third-order valence-corrected chi connectivity index (χ3v) is 1.62. The van der Waals surface area contributed by atoms with Gasteiger partial charge in [-0.1, -0.05) is 12.1 Å². The average Bonchev–Trinajstić information content (AvgIpc) is 2.04. The predicted molar refractivity (Wildman–Crippen MR) is 49.1 cm³/mol. The fraction of sp³-hybridized carbons (Fsp3) is 0.111. The molecule has 0 saturated carbocycles. The van der Waals surface area contributed by atoms with Crippen LogP contribution in [0.1, 0.15) is 12.5 Å². The molecule has 0 spiro atoms. The third-order valence-electron chi connectivity index (χ3n) is 1.62. The molecule has 64 valence electrons. The summed E-state index contributed by atoms with van der Waals surface area (Å²) in [4.78, 5) is 0. The van der Waals surface area contributed by atoms with Gasteiger partial charge < -0.3 is 16.6 Å². The zero-order valence-electron chi connectivity index (χ0n) is 6.91. The van der Waals surface area contributed by atoms with Gasteiger partial charge in [0.1, 0.15) is 5.75 Å². The van der Waals surface area contributed by atoms with Gasteiger partial charge in [-0.3, -0.25) is 0 Å². The van der Waals surface area contributed by atoms with Crippen LogP contribution in [0.3, 0.4) is 0 Å². The second kappa shape index (κ2) is 3.17. The molecule has 1 aromatic carbocycles. The zero-order valence-corrected chi connectivity index (χ0v) is 6.91. The number of aromatic hydroxyl groups is 1. The predicted octanol–water partition coefficient (Wildman–Crippen LogP) is 0.998. The Kier molecular flexibility index (Phi) is 2.24. The summed E-state index contributed by atoms with van der Waals surface area (Å²) in [5, 5.41) is 9.36. The van der Waals surface area contributed by atoms with Crippen LogP contribution in [0.4, 0.5) is 0 Å². The van der Waals surface area contributed by atoms with Crippen LogP contribution in [0.15, 0.2) is 30.0 Å². The zero-order chi connectivity index (χ0) is 9.14. The van der Waals surface area contributed by atoms with Crippen LogP contribution in [0.2, 0.25) is 0 Å². The summed E-state index contributed by atoms with van der Waals surface area (Å²) in [6, 6.07) is 6.83. The highest BCUT2D eigenvalue weighted by Crippen LogP contribution is 2.21. The molecule has 0 fully saturated rings. The van der Waals surface area contributed by atoms with E-state index in [4.69, 9.17) is 11.5 Å². The van der Waals surface area contributed by atoms with Crippen molar-refractivity contribution < 1.29 is 5.11 Å². The van der Waals surface area contributed by atoms with Crippen molar-refractivity contribution in [1.29, 1.82) is 0 Å². The number of rotatable bonds is 1. The highest BCUT2D eigenvalue weighted by molar-refractivity contribution is 5.69. The smallest absolute Gasteiger partial charge is 0.124 e. The molecule has 0 saturated heterocycles. The molecule has 1 rings (SSSR count). The minimum Gasteiger partial charge on any atom is -0.507 e. The number of para-hydroxylation sites is 1. The van der Waals surface area contributed by atoms with Crippen LogP contribution >= 0.6 is 0 Å². The van der Waals surface area contributed by atoms with Gasteiger partial charge in [-0.2, -0.15) is 0 Å². The van der Waals surface area contributed by atoms with Gasteiger partial charge in [0, 0.05) is 11.3 Å². The van der Waals surface area contributed by atoms with Crippen molar-refractivity contribution in [3.05, 3.63) is 35.5 Å². The van der Waals surface area contributed by atoms with Gasteiger partial charge in [0.2, 0.25) is 0 Å². The Morgan fingerprint density at radius 3 is 2.33 bits per heavy atom. The minimum atomic E-state index is 0.153. The van der Waals surface area contributed by atoms with Crippen molar-refractivity contribution in [2.75, 3.05) is 0 Å². The maximum Gasteiger partial charge on any atom is 0.124 e. The van der Waals surface area contributed by atoms with E-state index in [9.17, 15) is 5.11 Å². The van der Waals surface area contributed by atoms with Crippen LogP contribution in [-0.2, 0) is 0 Å². The molecule has 0 aliphatic carbocycles. The van der Waals surface area contributed by atoms with Crippen molar-refractivity contribution in [2.24, 2.45) is 11.5 Å². The molecule has 0 aromatic heterocycles. The highest BCUT2D eigenvalue weighted by atomic mass is 16.3. The largest absolute Gasteiger partial charge is 0.507 e. The van der Waals surface area contributed by atoms with Crippen LogP contribution in [0, 0.1) is 0 Å². The first-order chi connectivity index (χ1) is 5.63. The molecule has 0 aliphatic rings. The number of hydrogen-bond donors (Lipinski definition) is 3.